The molecule has 0 spiro atoms. The third-order valence-electron chi connectivity index (χ3n) is 2.95. The van der Waals surface area contributed by atoms with Crippen LogP contribution in [0.2, 0.25) is 5.02 Å². The van der Waals surface area contributed by atoms with Crippen molar-refractivity contribution in [2.24, 2.45) is 0 Å². The van der Waals surface area contributed by atoms with Crippen LogP contribution < -0.4 is 5.32 Å². The van der Waals surface area contributed by atoms with Crippen molar-refractivity contribution in [3.63, 3.8) is 0 Å². The van der Waals surface area contributed by atoms with Crippen LogP contribution in [0.1, 0.15) is 25.0 Å². The molecule has 0 atom stereocenters. The lowest BCUT2D eigenvalue weighted by Crippen LogP contribution is -2.22. The molecule has 0 fully saturated rings. The molecule has 0 unspecified atom stereocenters. The zero-order valence-electron chi connectivity index (χ0n) is 11.5. The van der Waals surface area contributed by atoms with Gasteiger partial charge in [-0.2, -0.15) is 5.26 Å². The Morgan fingerprint density at radius 3 is 2.80 bits per heavy atom. The summed E-state index contributed by atoms with van der Waals surface area (Å²) >= 11 is 6.10. The van der Waals surface area contributed by atoms with E-state index in [-0.39, 0.29) is 0 Å². The summed E-state index contributed by atoms with van der Waals surface area (Å²) < 4.78 is 0. The second-order valence-corrected chi connectivity index (χ2v) is 5.35. The van der Waals surface area contributed by atoms with E-state index in [1.807, 2.05) is 24.3 Å². The number of nitriles is 1. The molecule has 20 heavy (non-hydrogen) atoms. The smallest absolute Gasteiger partial charge is 0.101 e. The second-order valence-electron chi connectivity index (χ2n) is 4.91. The fourth-order valence-corrected chi connectivity index (χ4v) is 2.11. The fraction of sp³-hybridized carbons (Fsp3) is 0.250. The Morgan fingerprint density at radius 2 is 2.10 bits per heavy atom. The van der Waals surface area contributed by atoms with Gasteiger partial charge in [0.15, 0.2) is 0 Å². The van der Waals surface area contributed by atoms with Gasteiger partial charge in [0.2, 0.25) is 0 Å². The second kappa shape index (κ2) is 6.51. The molecule has 0 aliphatic rings. The Bertz CT molecular complexity index is 644. The van der Waals surface area contributed by atoms with E-state index in [0.717, 1.165) is 23.2 Å². The first-order valence-corrected chi connectivity index (χ1v) is 6.85. The summed E-state index contributed by atoms with van der Waals surface area (Å²) in [6, 6.07) is 10.1. The molecule has 0 saturated carbocycles. The SMILES string of the molecule is CC(C)NCc1ccc(Cl)cc1-c1cncc(C#N)c1. The summed E-state index contributed by atoms with van der Waals surface area (Å²) in [4.78, 5) is 4.11. The van der Waals surface area contributed by atoms with Gasteiger partial charge in [-0.3, -0.25) is 4.98 Å². The van der Waals surface area contributed by atoms with Crippen molar-refractivity contribution in [1.29, 1.82) is 5.26 Å². The Labute approximate surface area is 124 Å². The monoisotopic (exact) mass is 285 g/mol. The van der Waals surface area contributed by atoms with Crippen LogP contribution in [0.5, 0.6) is 0 Å². The van der Waals surface area contributed by atoms with E-state index in [2.05, 4.69) is 30.2 Å². The molecule has 2 rings (SSSR count). The average molecular weight is 286 g/mol. The Balaban J connectivity index is 2.43. The molecule has 1 aromatic carbocycles. The first-order valence-electron chi connectivity index (χ1n) is 6.47. The molecule has 102 valence electrons. The van der Waals surface area contributed by atoms with Crippen LogP contribution in [-0.2, 0) is 6.54 Å². The van der Waals surface area contributed by atoms with Gasteiger partial charge in [0, 0.05) is 35.6 Å². The quantitative estimate of drug-likeness (QED) is 0.930. The number of nitrogens with one attached hydrogen (secondary N) is 1. The van der Waals surface area contributed by atoms with Crippen molar-refractivity contribution in [3.8, 4) is 17.2 Å². The normalized spacial score (nSPS) is 10.6. The number of rotatable bonds is 4. The Morgan fingerprint density at radius 1 is 1.30 bits per heavy atom. The molecule has 0 radical (unpaired) electrons. The topological polar surface area (TPSA) is 48.7 Å². The fourth-order valence-electron chi connectivity index (χ4n) is 1.93. The van der Waals surface area contributed by atoms with Crippen LogP contribution in [0.3, 0.4) is 0 Å². The molecule has 0 aliphatic carbocycles. The highest BCUT2D eigenvalue weighted by atomic mass is 35.5. The number of hydrogen-bond acceptors (Lipinski definition) is 3. The lowest BCUT2D eigenvalue weighted by Gasteiger charge is -2.13. The number of nitrogens with zero attached hydrogens (tertiary/aromatic N) is 2. The maximum absolute atomic E-state index is 8.98. The standard InChI is InChI=1S/C16H16ClN3/c1-11(2)20-10-13-3-4-15(17)6-16(13)14-5-12(7-18)8-19-9-14/h3-6,8-9,11,20H,10H2,1-2H3. The molecule has 0 bridgehead atoms. The van der Waals surface area contributed by atoms with Gasteiger partial charge in [0.05, 0.1) is 5.56 Å². The highest BCUT2D eigenvalue weighted by Crippen LogP contribution is 2.27. The number of hydrogen-bond donors (Lipinski definition) is 1. The molecular weight excluding hydrogens is 270 g/mol. The third kappa shape index (κ3) is 3.57. The largest absolute Gasteiger partial charge is 0.310 e. The summed E-state index contributed by atoms with van der Waals surface area (Å²) in [5.74, 6) is 0. The first kappa shape index (κ1) is 14.5. The zero-order valence-corrected chi connectivity index (χ0v) is 12.3. The van der Waals surface area contributed by atoms with E-state index in [9.17, 15) is 0 Å². The van der Waals surface area contributed by atoms with Gasteiger partial charge in [-0.05, 0) is 29.3 Å². The summed E-state index contributed by atoms with van der Waals surface area (Å²) in [6.07, 6.45) is 3.31. The maximum atomic E-state index is 8.98. The van der Waals surface area contributed by atoms with E-state index >= 15 is 0 Å². The van der Waals surface area contributed by atoms with Gasteiger partial charge in [-0.25, -0.2) is 0 Å². The van der Waals surface area contributed by atoms with Crippen molar-refractivity contribution in [2.45, 2.75) is 26.4 Å². The molecule has 0 saturated heterocycles. The summed E-state index contributed by atoms with van der Waals surface area (Å²) in [5, 5.41) is 13.0. The van der Waals surface area contributed by atoms with Crippen molar-refractivity contribution >= 4 is 11.6 Å². The van der Waals surface area contributed by atoms with Gasteiger partial charge in [0.25, 0.3) is 0 Å². The minimum absolute atomic E-state index is 0.405. The number of halogens is 1. The van der Waals surface area contributed by atoms with E-state index in [1.54, 1.807) is 12.4 Å². The number of aromatic nitrogens is 1. The highest BCUT2D eigenvalue weighted by molar-refractivity contribution is 6.30. The van der Waals surface area contributed by atoms with E-state index in [1.165, 1.54) is 0 Å². The molecule has 1 heterocycles. The van der Waals surface area contributed by atoms with Crippen LogP contribution in [0, 0.1) is 11.3 Å². The summed E-state index contributed by atoms with van der Waals surface area (Å²) in [7, 11) is 0. The lowest BCUT2D eigenvalue weighted by atomic mass is 10.00. The molecule has 2 aromatic rings. The van der Waals surface area contributed by atoms with Crippen LogP contribution in [0.15, 0.2) is 36.7 Å². The van der Waals surface area contributed by atoms with Gasteiger partial charge >= 0.3 is 0 Å². The van der Waals surface area contributed by atoms with Crippen molar-refractivity contribution < 1.29 is 0 Å². The van der Waals surface area contributed by atoms with Crippen LogP contribution in [0.25, 0.3) is 11.1 Å². The third-order valence-corrected chi connectivity index (χ3v) is 3.19. The van der Waals surface area contributed by atoms with Crippen molar-refractivity contribution in [2.75, 3.05) is 0 Å². The van der Waals surface area contributed by atoms with Gasteiger partial charge in [-0.1, -0.05) is 31.5 Å². The maximum Gasteiger partial charge on any atom is 0.101 e. The zero-order chi connectivity index (χ0) is 14.5. The molecule has 1 N–H and O–H groups in total. The molecular formula is C16H16ClN3. The molecule has 3 nitrogen and oxygen atoms in total. The van der Waals surface area contributed by atoms with Crippen LogP contribution in [-0.4, -0.2) is 11.0 Å². The van der Waals surface area contributed by atoms with Gasteiger partial charge < -0.3 is 5.32 Å². The molecule has 1 aromatic heterocycles. The average Bonchev–Trinajstić information content (AvgIpc) is 2.46. The van der Waals surface area contributed by atoms with E-state index in [4.69, 9.17) is 16.9 Å². The summed E-state index contributed by atoms with van der Waals surface area (Å²) in [6.45, 7) is 4.96. The van der Waals surface area contributed by atoms with Gasteiger partial charge in [-0.15, -0.1) is 0 Å². The van der Waals surface area contributed by atoms with Crippen LogP contribution in [0.4, 0.5) is 0 Å². The number of pyridine rings is 1. The predicted molar refractivity (Wildman–Crippen MR) is 81.4 cm³/mol. The predicted octanol–water partition coefficient (Wildman–Crippen LogP) is 3.77. The van der Waals surface area contributed by atoms with Crippen molar-refractivity contribution in [3.05, 3.63) is 52.8 Å². The van der Waals surface area contributed by atoms with Crippen LogP contribution >= 0.6 is 11.6 Å². The molecule has 0 aliphatic heterocycles. The van der Waals surface area contributed by atoms with Crippen molar-refractivity contribution in [1.82, 2.24) is 10.3 Å². The Hall–Kier alpha value is -1.89. The van der Waals surface area contributed by atoms with Gasteiger partial charge in [0.1, 0.15) is 6.07 Å². The number of benzene rings is 1. The lowest BCUT2D eigenvalue weighted by molar-refractivity contribution is 0.589. The van der Waals surface area contributed by atoms with E-state index in [0.29, 0.717) is 16.6 Å². The highest BCUT2D eigenvalue weighted by Gasteiger charge is 2.08. The molecule has 0 amide bonds. The first-order chi connectivity index (χ1) is 9.60. The van der Waals surface area contributed by atoms with E-state index < -0.39 is 0 Å². The molecule has 4 heteroatoms. The summed E-state index contributed by atoms with van der Waals surface area (Å²) in [5.41, 5.74) is 3.60. The minimum Gasteiger partial charge on any atom is -0.310 e. The Kier molecular flexibility index (Phi) is 4.73. The minimum atomic E-state index is 0.405.